The van der Waals surface area contributed by atoms with Crippen molar-refractivity contribution in [1.82, 2.24) is 19.9 Å². The lowest BCUT2D eigenvalue weighted by Gasteiger charge is -2.36. The van der Waals surface area contributed by atoms with Crippen LogP contribution in [0, 0.1) is 0 Å². The highest BCUT2D eigenvalue weighted by molar-refractivity contribution is 7.99. The van der Waals surface area contributed by atoms with Crippen LogP contribution in [0.2, 0.25) is 0 Å². The number of thioether (sulfide) groups is 1. The number of hydrogen-bond acceptors (Lipinski definition) is 8. The molecule has 0 aliphatic carbocycles. The topological polar surface area (TPSA) is 126 Å². The summed E-state index contributed by atoms with van der Waals surface area (Å²) in [5, 5.41) is 16.9. The van der Waals surface area contributed by atoms with Gasteiger partial charge in [-0.15, -0.1) is 0 Å². The van der Waals surface area contributed by atoms with E-state index in [2.05, 4.69) is 19.9 Å². The average Bonchev–Trinajstić information content (AvgIpc) is 3.50. The molecule has 0 saturated carbocycles. The van der Waals surface area contributed by atoms with Gasteiger partial charge in [0.2, 0.25) is 10.0 Å². The monoisotopic (exact) mass is 552 g/mol. The number of aromatic amines is 1. The highest BCUT2D eigenvalue weighted by Crippen LogP contribution is 2.39. The zero-order valence-electron chi connectivity index (χ0n) is 20.4. The molecule has 4 aromatic rings. The summed E-state index contributed by atoms with van der Waals surface area (Å²) in [6, 6.07) is 23.6. The summed E-state index contributed by atoms with van der Waals surface area (Å²) >= 11 is 1.54. The lowest BCUT2D eigenvalue weighted by atomic mass is 10.0. The molecule has 0 spiro atoms. The van der Waals surface area contributed by atoms with Crippen LogP contribution < -0.4 is 4.72 Å². The molecule has 1 aromatic heterocycles. The van der Waals surface area contributed by atoms with E-state index in [1.165, 1.54) is 18.1 Å². The highest BCUT2D eigenvalue weighted by atomic mass is 32.2. The SMILES string of the molecule is O=S(=O)(NCc1ccc([C@@H]2O[C@H](CSc3ncn[nH]3)C[C@H](c3ccc(CO)cc3)O2)cc1)c1ccccc1. The van der Waals surface area contributed by atoms with Crippen molar-refractivity contribution < 1.29 is 23.0 Å². The van der Waals surface area contributed by atoms with Crippen LogP contribution in [0.15, 0.2) is 95.2 Å². The number of ether oxygens (including phenoxy) is 2. The lowest BCUT2D eigenvalue weighted by Crippen LogP contribution is -2.31. The van der Waals surface area contributed by atoms with Crippen molar-refractivity contribution in [3.05, 3.63) is 107 Å². The van der Waals surface area contributed by atoms with Crippen LogP contribution in [-0.4, -0.2) is 40.6 Å². The van der Waals surface area contributed by atoms with Crippen molar-refractivity contribution in [3.63, 3.8) is 0 Å². The largest absolute Gasteiger partial charge is 0.392 e. The lowest BCUT2D eigenvalue weighted by molar-refractivity contribution is -0.245. The van der Waals surface area contributed by atoms with E-state index in [0.717, 1.165) is 27.4 Å². The van der Waals surface area contributed by atoms with Crippen LogP contribution in [0.1, 0.15) is 41.1 Å². The molecule has 1 saturated heterocycles. The number of nitrogens with one attached hydrogen (secondary N) is 2. The molecule has 3 N–H and O–H groups in total. The Balaban J connectivity index is 1.28. The van der Waals surface area contributed by atoms with E-state index in [0.29, 0.717) is 12.2 Å². The Labute approximate surface area is 225 Å². The summed E-state index contributed by atoms with van der Waals surface area (Å²) in [5.41, 5.74) is 3.51. The molecule has 2 heterocycles. The van der Waals surface area contributed by atoms with E-state index in [-0.39, 0.29) is 30.3 Å². The van der Waals surface area contributed by atoms with Gasteiger partial charge in [-0.2, -0.15) is 5.10 Å². The second-order valence-corrected chi connectivity index (χ2v) is 11.6. The second-order valence-electron chi connectivity index (χ2n) is 8.83. The molecule has 0 bridgehead atoms. The Morgan fingerprint density at radius 3 is 2.34 bits per heavy atom. The number of hydrogen-bond donors (Lipinski definition) is 3. The minimum atomic E-state index is -3.59. The van der Waals surface area contributed by atoms with Crippen molar-refractivity contribution in [3.8, 4) is 0 Å². The first-order valence-corrected chi connectivity index (χ1v) is 14.6. The van der Waals surface area contributed by atoms with E-state index in [1.807, 2.05) is 48.5 Å². The van der Waals surface area contributed by atoms with Gasteiger partial charge < -0.3 is 14.6 Å². The van der Waals surface area contributed by atoms with Gasteiger partial charge in [0.25, 0.3) is 0 Å². The molecule has 3 aromatic carbocycles. The molecule has 38 heavy (non-hydrogen) atoms. The zero-order valence-corrected chi connectivity index (χ0v) is 22.1. The summed E-state index contributed by atoms with van der Waals surface area (Å²) < 4.78 is 40.4. The molecule has 0 unspecified atom stereocenters. The predicted molar refractivity (Wildman–Crippen MR) is 142 cm³/mol. The first-order chi connectivity index (χ1) is 18.5. The minimum Gasteiger partial charge on any atom is -0.392 e. The maximum Gasteiger partial charge on any atom is 0.240 e. The summed E-state index contributed by atoms with van der Waals surface area (Å²) in [5.74, 6) is 0.666. The first-order valence-electron chi connectivity index (χ1n) is 12.1. The Hall–Kier alpha value is -3.06. The van der Waals surface area contributed by atoms with Gasteiger partial charge >= 0.3 is 0 Å². The minimum absolute atomic E-state index is 0.0121. The summed E-state index contributed by atoms with van der Waals surface area (Å²) in [6.45, 7) is 0.155. The molecule has 1 fully saturated rings. The predicted octanol–water partition coefficient (Wildman–Crippen LogP) is 4.11. The van der Waals surface area contributed by atoms with Crippen molar-refractivity contribution in [1.29, 1.82) is 0 Å². The maximum absolute atomic E-state index is 12.5. The fourth-order valence-corrected chi connectivity index (χ4v) is 5.95. The van der Waals surface area contributed by atoms with Crippen LogP contribution in [0.5, 0.6) is 0 Å². The maximum atomic E-state index is 12.5. The quantitative estimate of drug-likeness (QED) is 0.251. The van der Waals surface area contributed by atoms with Gasteiger partial charge in [0.1, 0.15) is 6.33 Å². The molecular weight excluding hydrogens is 524 g/mol. The fourth-order valence-electron chi connectivity index (χ4n) is 4.11. The summed E-state index contributed by atoms with van der Waals surface area (Å²) in [4.78, 5) is 4.40. The third-order valence-electron chi connectivity index (χ3n) is 6.19. The van der Waals surface area contributed by atoms with Crippen molar-refractivity contribution in [2.24, 2.45) is 0 Å². The molecule has 1 aliphatic rings. The number of aliphatic hydroxyl groups is 1. The number of rotatable bonds is 10. The second kappa shape index (κ2) is 12.2. The zero-order chi connectivity index (χ0) is 26.4. The Morgan fingerprint density at radius 1 is 0.947 bits per heavy atom. The van der Waals surface area contributed by atoms with Gasteiger partial charge in [-0.1, -0.05) is 78.5 Å². The van der Waals surface area contributed by atoms with Gasteiger partial charge in [0.05, 0.1) is 23.7 Å². The molecular formula is C27H28N4O5S2. The molecule has 1 aliphatic heterocycles. The third-order valence-corrected chi connectivity index (χ3v) is 8.61. The highest BCUT2D eigenvalue weighted by Gasteiger charge is 2.32. The van der Waals surface area contributed by atoms with Crippen molar-refractivity contribution >= 4 is 21.8 Å². The molecule has 9 nitrogen and oxygen atoms in total. The smallest absolute Gasteiger partial charge is 0.240 e. The normalized spacial score (nSPS) is 19.9. The number of aromatic nitrogens is 3. The number of benzene rings is 3. The van der Waals surface area contributed by atoms with E-state index in [4.69, 9.17) is 9.47 Å². The third kappa shape index (κ3) is 6.68. The Kier molecular flexibility index (Phi) is 8.52. The van der Waals surface area contributed by atoms with Crippen LogP contribution >= 0.6 is 11.8 Å². The van der Waals surface area contributed by atoms with Gasteiger partial charge in [0.15, 0.2) is 11.4 Å². The number of aliphatic hydroxyl groups excluding tert-OH is 1. The van der Waals surface area contributed by atoms with Gasteiger partial charge in [-0.05, 0) is 28.8 Å². The van der Waals surface area contributed by atoms with Crippen LogP contribution in [0.3, 0.4) is 0 Å². The van der Waals surface area contributed by atoms with Crippen LogP contribution in [-0.2, 0) is 32.6 Å². The van der Waals surface area contributed by atoms with Crippen LogP contribution in [0.4, 0.5) is 0 Å². The molecule has 0 amide bonds. The van der Waals surface area contributed by atoms with Gasteiger partial charge in [0, 0.05) is 24.3 Å². The van der Waals surface area contributed by atoms with E-state index >= 15 is 0 Å². The summed E-state index contributed by atoms with van der Waals surface area (Å²) in [7, 11) is -3.59. The van der Waals surface area contributed by atoms with Crippen molar-refractivity contribution in [2.45, 2.75) is 48.1 Å². The molecule has 11 heteroatoms. The fraction of sp³-hybridized carbons (Fsp3) is 0.259. The average molecular weight is 553 g/mol. The van der Waals surface area contributed by atoms with E-state index in [1.54, 1.807) is 30.3 Å². The van der Waals surface area contributed by atoms with Crippen molar-refractivity contribution in [2.75, 3.05) is 5.75 Å². The molecule has 0 radical (unpaired) electrons. The molecule has 3 atom stereocenters. The van der Waals surface area contributed by atoms with E-state index < -0.39 is 16.3 Å². The first kappa shape index (κ1) is 26.5. The molecule has 5 rings (SSSR count). The Morgan fingerprint density at radius 2 is 1.66 bits per heavy atom. The number of nitrogens with zero attached hydrogens (tertiary/aromatic N) is 2. The standard InChI is InChI=1S/C27H28N4O5S2/c32-16-20-8-10-21(11-9-20)25-14-23(17-37-27-28-18-29-31-27)35-26(36-25)22-12-6-19(7-13-22)15-30-38(33,34)24-4-2-1-3-5-24/h1-13,18,23,25-26,30,32H,14-17H2,(H,28,29,31)/t23-,25+,26+/m0/s1. The number of sulfonamides is 1. The van der Waals surface area contributed by atoms with Gasteiger partial charge in [-0.3, -0.25) is 5.10 Å². The molecule has 198 valence electrons. The Bertz CT molecular complexity index is 1400. The van der Waals surface area contributed by atoms with E-state index in [9.17, 15) is 13.5 Å². The van der Waals surface area contributed by atoms with Crippen LogP contribution in [0.25, 0.3) is 0 Å². The summed E-state index contributed by atoms with van der Waals surface area (Å²) in [6.07, 6.45) is 1.24. The number of H-pyrrole nitrogens is 1. The van der Waals surface area contributed by atoms with Gasteiger partial charge in [-0.25, -0.2) is 18.1 Å².